The highest BCUT2D eigenvalue weighted by atomic mass is 16.5. The van der Waals surface area contributed by atoms with E-state index in [1.807, 2.05) is 0 Å². The van der Waals surface area contributed by atoms with E-state index < -0.39 is 0 Å². The fourth-order valence-corrected chi connectivity index (χ4v) is 2.22. The van der Waals surface area contributed by atoms with E-state index in [1.165, 1.54) is 7.11 Å². The van der Waals surface area contributed by atoms with E-state index in [1.54, 1.807) is 18.3 Å². The molecule has 0 radical (unpaired) electrons. The Morgan fingerprint density at radius 1 is 1.55 bits per heavy atom. The number of pyridine rings is 1. The number of aromatic nitrogens is 3. The summed E-state index contributed by atoms with van der Waals surface area (Å²) in [6.07, 6.45) is 3.29. The van der Waals surface area contributed by atoms with Crippen molar-refractivity contribution in [3.63, 3.8) is 0 Å². The van der Waals surface area contributed by atoms with E-state index in [2.05, 4.69) is 20.4 Å². The van der Waals surface area contributed by atoms with Crippen molar-refractivity contribution in [1.29, 1.82) is 0 Å². The van der Waals surface area contributed by atoms with E-state index in [0.29, 0.717) is 23.9 Å². The summed E-state index contributed by atoms with van der Waals surface area (Å²) in [5, 5.41) is 6.55. The SMILES string of the molecule is COc1ncccc1C(=O)NCc1noc([C@H]2CCCO2)n1. The molecule has 1 aliphatic rings. The molecule has 1 amide bonds. The summed E-state index contributed by atoms with van der Waals surface area (Å²) in [5.41, 5.74) is 0.354. The smallest absolute Gasteiger partial charge is 0.257 e. The second-order valence-electron chi connectivity index (χ2n) is 4.79. The lowest BCUT2D eigenvalue weighted by Gasteiger charge is -2.06. The van der Waals surface area contributed by atoms with Crippen molar-refractivity contribution >= 4 is 5.91 Å². The predicted octanol–water partition coefficient (Wildman–Crippen LogP) is 1.25. The van der Waals surface area contributed by atoms with Gasteiger partial charge >= 0.3 is 0 Å². The zero-order chi connectivity index (χ0) is 15.4. The highest BCUT2D eigenvalue weighted by molar-refractivity contribution is 5.96. The third-order valence-corrected chi connectivity index (χ3v) is 3.31. The molecule has 2 aromatic rings. The Kier molecular flexibility index (Phi) is 4.29. The Balaban J connectivity index is 1.61. The normalized spacial score (nSPS) is 17.4. The van der Waals surface area contributed by atoms with Crippen molar-refractivity contribution in [2.75, 3.05) is 13.7 Å². The number of nitrogens with one attached hydrogen (secondary N) is 1. The van der Waals surface area contributed by atoms with Gasteiger partial charge in [0, 0.05) is 12.8 Å². The van der Waals surface area contributed by atoms with Crippen molar-refractivity contribution < 1.29 is 18.8 Å². The molecule has 116 valence electrons. The van der Waals surface area contributed by atoms with Crippen LogP contribution in [0.15, 0.2) is 22.9 Å². The molecule has 3 heterocycles. The maximum atomic E-state index is 12.1. The maximum Gasteiger partial charge on any atom is 0.257 e. The molecule has 22 heavy (non-hydrogen) atoms. The third-order valence-electron chi connectivity index (χ3n) is 3.31. The monoisotopic (exact) mass is 304 g/mol. The van der Waals surface area contributed by atoms with Crippen LogP contribution in [0.3, 0.4) is 0 Å². The molecule has 1 saturated heterocycles. The molecule has 8 heteroatoms. The second-order valence-corrected chi connectivity index (χ2v) is 4.79. The van der Waals surface area contributed by atoms with Gasteiger partial charge in [-0.05, 0) is 25.0 Å². The van der Waals surface area contributed by atoms with E-state index in [9.17, 15) is 4.79 Å². The first-order valence-corrected chi connectivity index (χ1v) is 6.99. The molecule has 0 unspecified atom stereocenters. The van der Waals surface area contributed by atoms with Crippen LogP contribution in [0, 0.1) is 0 Å². The van der Waals surface area contributed by atoms with Crippen LogP contribution in [0.4, 0.5) is 0 Å². The minimum atomic E-state index is -0.312. The highest BCUT2D eigenvalue weighted by Gasteiger charge is 2.24. The van der Waals surface area contributed by atoms with Crippen LogP contribution in [-0.4, -0.2) is 34.7 Å². The Morgan fingerprint density at radius 3 is 3.23 bits per heavy atom. The fourth-order valence-electron chi connectivity index (χ4n) is 2.22. The van der Waals surface area contributed by atoms with Gasteiger partial charge in [-0.2, -0.15) is 4.98 Å². The summed E-state index contributed by atoms with van der Waals surface area (Å²) >= 11 is 0. The predicted molar refractivity (Wildman–Crippen MR) is 74.2 cm³/mol. The van der Waals surface area contributed by atoms with Gasteiger partial charge in [0.05, 0.1) is 13.7 Å². The van der Waals surface area contributed by atoms with Crippen molar-refractivity contribution in [2.45, 2.75) is 25.5 Å². The third kappa shape index (κ3) is 3.06. The van der Waals surface area contributed by atoms with E-state index >= 15 is 0 Å². The largest absolute Gasteiger partial charge is 0.480 e. The fraction of sp³-hybridized carbons (Fsp3) is 0.429. The van der Waals surface area contributed by atoms with E-state index in [4.69, 9.17) is 14.0 Å². The van der Waals surface area contributed by atoms with Gasteiger partial charge in [0.25, 0.3) is 11.8 Å². The average molecular weight is 304 g/mol. The molecule has 1 N–H and O–H groups in total. The first-order chi connectivity index (χ1) is 10.8. The summed E-state index contributed by atoms with van der Waals surface area (Å²) in [7, 11) is 1.46. The molecule has 0 aromatic carbocycles. The van der Waals surface area contributed by atoms with Crippen LogP contribution in [0.1, 0.15) is 41.0 Å². The number of ether oxygens (including phenoxy) is 2. The van der Waals surface area contributed by atoms with Gasteiger partial charge in [0.1, 0.15) is 11.7 Å². The summed E-state index contributed by atoms with van der Waals surface area (Å²) in [6, 6.07) is 3.30. The van der Waals surface area contributed by atoms with Crippen molar-refractivity contribution in [1.82, 2.24) is 20.4 Å². The number of methoxy groups -OCH3 is 1. The summed E-state index contributed by atoms with van der Waals surface area (Å²) in [4.78, 5) is 20.3. The van der Waals surface area contributed by atoms with Crippen LogP contribution in [0.25, 0.3) is 0 Å². The Hall–Kier alpha value is -2.48. The molecule has 3 rings (SSSR count). The van der Waals surface area contributed by atoms with Gasteiger partial charge in [0.15, 0.2) is 5.82 Å². The number of hydrogen-bond donors (Lipinski definition) is 1. The molecule has 1 aliphatic heterocycles. The van der Waals surface area contributed by atoms with Crippen LogP contribution in [0.2, 0.25) is 0 Å². The molecule has 0 aliphatic carbocycles. The molecule has 0 saturated carbocycles. The van der Waals surface area contributed by atoms with Crippen LogP contribution in [0.5, 0.6) is 5.88 Å². The minimum absolute atomic E-state index is 0.129. The number of amides is 1. The van der Waals surface area contributed by atoms with Crippen molar-refractivity contribution in [3.8, 4) is 5.88 Å². The summed E-state index contributed by atoms with van der Waals surface area (Å²) < 4.78 is 15.7. The first-order valence-electron chi connectivity index (χ1n) is 6.99. The zero-order valence-corrected chi connectivity index (χ0v) is 12.1. The molecule has 1 atom stereocenters. The van der Waals surface area contributed by atoms with Gasteiger partial charge in [-0.15, -0.1) is 0 Å². The number of carbonyl (C=O) groups excluding carboxylic acids is 1. The highest BCUT2D eigenvalue weighted by Crippen LogP contribution is 2.26. The van der Waals surface area contributed by atoms with Crippen LogP contribution in [-0.2, 0) is 11.3 Å². The minimum Gasteiger partial charge on any atom is -0.480 e. The second kappa shape index (κ2) is 6.52. The molecule has 0 bridgehead atoms. The lowest BCUT2D eigenvalue weighted by molar-refractivity contribution is 0.0835. The standard InChI is InChI=1S/C14H16N4O4/c1-20-13-9(4-2-6-15-13)12(19)16-8-11-17-14(22-18-11)10-5-3-7-21-10/h2,4,6,10H,3,5,7-8H2,1H3,(H,16,19)/t10-/m1/s1. The van der Waals surface area contributed by atoms with Crippen molar-refractivity contribution in [3.05, 3.63) is 35.6 Å². The number of rotatable bonds is 5. The quantitative estimate of drug-likeness (QED) is 0.887. The number of hydrogen-bond acceptors (Lipinski definition) is 7. The Bertz CT molecular complexity index is 652. The van der Waals surface area contributed by atoms with Gasteiger partial charge in [-0.3, -0.25) is 4.79 Å². The number of nitrogens with zero attached hydrogens (tertiary/aromatic N) is 3. The maximum absolute atomic E-state index is 12.1. The lowest BCUT2D eigenvalue weighted by atomic mass is 10.2. The summed E-state index contributed by atoms with van der Waals surface area (Å²) in [5.74, 6) is 0.823. The molecule has 2 aromatic heterocycles. The van der Waals surface area contributed by atoms with E-state index in [-0.39, 0.29) is 24.4 Å². The zero-order valence-electron chi connectivity index (χ0n) is 12.1. The molecule has 8 nitrogen and oxygen atoms in total. The lowest BCUT2D eigenvalue weighted by Crippen LogP contribution is -2.24. The van der Waals surface area contributed by atoms with Gasteiger partial charge in [-0.25, -0.2) is 4.98 Å². The van der Waals surface area contributed by atoms with Gasteiger partial charge in [0.2, 0.25) is 5.88 Å². The van der Waals surface area contributed by atoms with Gasteiger partial charge < -0.3 is 19.3 Å². The molecular formula is C14H16N4O4. The van der Waals surface area contributed by atoms with E-state index in [0.717, 1.165) is 12.8 Å². The number of carbonyl (C=O) groups is 1. The summed E-state index contributed by atoms with van der Waals surface area (Å²) in [6.45, 7) is 0.868. The molecule has 1 fully saturated rings. The van der Waals surface area contributed by atoms with Crippen molar-refractivity contribution in [2.24, 2.45) is 0 Å². The Morgan fingerprint density at radius 2 is 2.45 bits per heavy atom. The van der Waals surface area contributed by atoms with Crippen LogP contribution >= 0.6 is 0 Å². The topological polar surface area (TPSA) is 99.4 Å². The Labute approximate surface area is 126 Å². The molecular weight excluding hydrogens is 288 g/mol. The van der Waals surface area contributed by atoms with Gasteiger partial charge in [-0.1, -0.05) is 5.16 Å². The first kappa shape index (κ1) is 14.5. The van der Waals surface area contributed by atoms with Crippen LogP contribution < -0.4 is 10.1 Å². The average Bonchev–Trinajstić information content (AvgIpc) is 3.23. The molecule has 0 spiro atoms.